The normalized spacial score (nSPS) is 15.0. The average Bonchev–Trinajstić information content (AvgIpc) is 2.52. The Morgan fingerprint density at radius 3 is 2.42 bits per heavy atom. The van der Waals surface area contributed by atoms with Gasteiger partial charge >= 0.3 is 0 Å². The third-order valence-electron chi connectivity index (χ3n) is 3.63. The van der Waals surface area contributed by atoms with Crippen LogP contribution in [0.1, 0.15) is 6.92 Å². The number of hydrogen-bond donors (Lipinski definition) is 2. The van der Waals surface area contributed by atoms with Crippen molar-refractivity contribution in [3.8, 4) is 0 Å². The van der Waals surface area contributed by atoms with Gasteiger partial charge in [-0.25, -0.2) is 0 Å². The number of hydrogen-bond acceptors (Lipinski definition) is 4. The molecule has 6 nitrogen and oxygen atoms in total. The van der Waals surface area contributed by atoms with Crippen LogP contribution in [0.15, 0.2) is 24.3 Å². The van der Waals surface area contributed by atoms with Crippen LogP contribution in [0.25, 0.3) is 0 Å². The fraction of sp³-hybridized carbons (Fsp3) is 0.467. The summed E-state index contributed by atoms with van der Waals surface area (Å²) in [6.45, 7) is 4.32. The lowest BCUT2D eigenvalue weighted by atomic mass is 10.2. The molecule has 1 fully saturated rings. The summed E-state index contributed by atoms with van der Waals surface area (Å²) in [6, 6.07) is 7.08. The highest BCUT2D eigenvalue weighted by atomic mass is 35.5. The second-order valence-electron chi connectivity index (χ2n) is 5.35. The molecule has 0 saturated carbocycles. The van der Waals surface area contributed by atoms with E-state index < -0.39 is 6.04 Å². The summed E-state index contributed by atoms with van der Waals surface area (Å²) in [7, 11) is 0. The standard InChI is InChI=1S/C15H21ClN4O2.2ClH/c1-11(17)15(22)18-10-14(21)20-7-5-19(6-8-20)13-4-2-3-12(16)9-13;;/h2-4,9,11H,5-8,10,17H2,1H3,(H,18,22);2*1H/t11-;;/m1../s1. The Morgan fingerprint density at radius 1 is 1.25 bits per heavy atom. The first-order valence-electron chi connectivity index (χ1n) is 7.29. The van der Waals surface area contributed by atoms with Gasteiger partial charge < -0.3 is 20.9 Å². The van der Waals surface area contributed by atoms with E-state index in [9.17, 15) is 9.59 Å². The lowest BCUT2D eigenvalue weighted by molar-refractivity contribution is -0.133. The summed E-state index contributed by atoms with van der Waals surface area (Å²) in [4.78, 5) is 27.4. The maximum atomic E-state index is 12.1. The first-order chi connectivity index (χ1) is 10.5. The quantitative estimate of drug-likeness (QED) is 0.802. The molecule has 1 atom stereocenters. The summed E-state index contributed by atoms with van der Waals surface area (Å²) in [6.07, 6.45) is 0. The van der Waals surface area contributed by atoms with E-state index in [0.29, 0.717) is 18.1 Å². The van der Waals surface area contributed by atoms with E-state index >= 15 is 0 Å². The minimum Gasteiger partial charge on any atom is -0.368 e. The molecule has 1 saturated heterocycles. The van der Waals surface area contributed by atoms with Crippen molar-refractivity contribution < 1.29 is 9.59 Å². The third kappa shape index (κ3) is 6.36. The van der Waals surface area contributed by atoms with Gasteiger partial charge in [-0.05, 0) is 25.1 Å². The Hall–Kier alpha value is -1.21. The predicted molar refractivity (Wildman–Crippen MR) is 101 cm³/mol. The maximum Gasteiger partial charge on any atom is 0.242 e. The Balaban J connectivity index is 0.00000264. The summed E-state index contributed by atoms with van der Waals surface area (Å²) in [5.74, 6) is -0.398. The monoisotopic (exact) mass is 396 g/mol. The van der Waals surface area contributed by atoms with Crippen LogP contribution in [-0.2, 0) is 9.59 Å². The van der Waals surface area contributed by atoms with Gasteiger partial charge in [-0.3, -0.25) is 9.59 Å². The lowest BCUT2D eigenvalue weighted by Gasteiger charge is -2.36. The molecule has 136 valence electrons. The van der Waals surface area contributed by atoms with Gasteiger partial charge in [0.2, 0.25) is 11.8 Å². The first kappa shape index (κ1) is 22.8. The number of carbonyl (C=O) groups excluding carboxylic acids is 2. The van der Waals surface area contributed by atoms with E-state index in [-0.39, 0.29) is 43.2 Å². The average molecular weight is 398 g/mol. The van der Waals surface area contributed by atoms with E-state index in [1.165, 1.54) is 0 Å². The van der Waals surface area contributed by atoms with Gasteiger partial charge in [0, 0.05) is 36.9 Å². The molecule has 1 aromatic carbocycles. The summed E-state index contributed by atoms with van der Waals surface area (Å²) < 4.78 is 0. The Bertz CT molecular complexity index is 549. The molecule has 0 aromatic heterocycles. The van der Waals surface area contributed by atoms with Crippen LogP contribution < -0.4 is 16.0 Å². The highest BCUT2D eigenvalue weighted by Crippen LogP contribution is 2.20. The molecular weight excluding hydrogens is 375 g/mol. The zero-order valence-corrected chi connectivity index (χ0v) is 15.8. The number of halogens is 3. The molecule has 0 radical (unpaired) electrons. The SMILES string of the molecule is C[C@@H](N)C(=O)NCC(=O)N1CCN(c2cccc(Cl)c2)CC1.Cl.Cl. The molecule has 3 N–H and O–H groups in total. The molecule has 0 aliphatic carbocycles. The van der Waals surface area contributed by atoms with Gasteiger partial charge in [0.15, 0.2) is 0 Å². The fourth-order valence-electron chi connectivity index (χ4n) is 2.32. The zero-order valence-electron chi connectivity index (χ0n) is 13.4. The Kier molecular flexibility index (Phi) is 10.1. The number of carbonyl (C=O) groups is 2. The molecule has 0 unspecified atom stereocenters. The summed E-state index contributed by atoms with van der Waals surface area (Å²) in [5.41, 5.74) is 6.50. The lowest BCUT2D eigenvalue weighted by Crippen LogP contribution is -2.52. The zero-order chi connectivity index (χ0) is 16.1. The molecule has 1 aliphatic rings. The van der Waals surface area contributed by atoms with Crippen LogP contribution in [-0.4, -0.2) is 55.5 Å². The van der Waals surface area contributed by atoms with Gasteiger partial charge in [-0.1, -0.05) is 17.7 Å². The Morgan fingerprint density at radius 2 is 1.88 bits per heavy atom. The van der Waals surface area contributed by atoms with Crippen LogP contribution >= 0.6 is 36.4 Å². The Labute approximate surface area is 159 Å². The van der Waals surface area contributed by atoms with Crippen LogP contribution in [0.5, 0.6) is 0 Å². The molecule has 9 heteroatoms. The highest BCUT2D eigenvalue weighted by molar-refractivity contribution is 6.30. The number of amides is 2. The van der Waals surface area contributed by atoms with Crippen LogP contribution in [0.4, 0.5) is 5.69 Å². The molecule has 0 bridgehead atoms. The molecule has 2 rings (SSSR count). The number of nitrogens with one attached hydrogen (secondary N) is 1. The molecule has 2 amide bonds. The number of nitrogens with zero attached hydrogens (tertiary/aromatic N) is 2. The van der Waals surface area contributed by atoms with Crippen molar-refractivity contribution in [2.75, 3.05) is 37.6 Å². The first-order valence-corrected chi connectivity index (χ1v) is 7.67. The number of anilines is 1. The number of nitrogens with two attached hydrogens (primary N) is 1. The molecule has 1 aromatic rings. The van der Waals surface area contributed by atoms with Crippen molar-refractivity contribution in [3.05, 3.63) is 29.3 Å². The summed E-state index contributed by atoms with van der Waals surface area (Å²) in [5, 5.41) is 3.25. The summed E-state index contributed by atoms with van der Waals surface area (Å²) >= 11 is 6.00. The van der Waals surface area contributed by atoms with Crippen molar-refractivity contribution in [3.63, 3.8) is 0 Å². The smallest absolute Gasteiger partial charge is 0.242 e. The van der Waals surface area contributed by atoms with E-state index in [0.717, 1.165) is 18.8 Å². The van der Waals surface area contributed by atoms with Crippen LogP contribution in [0, 0.1) is 0 Å². The second kappa shape index (κ2) is 10.6. The van der Waals surface area contributed by atoms with E-state index in [4.69, 9.17) is 17.3 Å². The maximum absolute atomic E-state index is 12.1. The van der Waals surface area contributed by atoms with E-state index in [2.05, 4.69) is 10.2 Å². The van der Waals surface area contributed by atoms with Crippen molar-refractivity contribution in [1.29, 1.82) is 0 Å². The van der Waals surface area contributed by atoms with Crippen molar-refractivity contribution in [1.82, 2.24) is 10.2 Å². The van der Waals surface area contributed by atoms with Crippen LogP contribution in [0.3, 0.4) is 0 Å². The third-order valence-corrected chi connectivity index (χ3v) is 3.87. The van der Waals surface area contributed by atoms with Gasteiger partial charge in [0.05, 0.1) is 12.6 Å². The van der Waals surface area contributed by atoms with Gasteiger partial charge in [0.1, 0.15) is 0 Å². The van der Waals surface area contributed by atoms with Crippen molar-refractivity contribution in [2.45, 2.75) is 13.0 Å². The number of rotatable bonds is 4. The topological polar surface area (TPSA) is 78.7 Å². The number of piperazine rings is 1. The van der Waals surface area contributed by atoms with Gasteiger partial charge in [0.25, 0.3) is 0 Å². The van der Waals surface area contributed by atoms with E-state index in [1.54, 1.807) is 11.8 Å². The fourth-order valence-corrected chi connectivity index (χ4v) is 2.51. The minimum atomic E-state index is -0.604. The molecular formula is C15H23Cl3N4O2. The molecule has 1 aliphatic heterocycles. The second-order valence-corrected chi connectivity index (χ2v) is 5.79. The molecule has 1 heterocycles. The molecule has 24 heavy (non-hydrogen) atoms. The minimum absolute atomic E-state index is 0. The predicted octanol–water partition coefficient (Wildman–Crippen LogP) is 1.30. The van der Waals surface area contributed by atoms with Gasteiger partial charge in [-0.15, -0.1) is 24.8 Å². The van der Waals surface area contributed by atoms with Crippen molar-refractivity contribution in [2.24, 2.45) is 5.73 Å². The van der Waals surface area contributed by atoms with E-state index in [1.807, 2.05) is 24.3 Å². The van der Waals surface area contributed by atoms with Crippen LogP contribution in [0.2, 0.25) is 5.02 Å². The highest BCUT2D eigenvalue weighted by Gasteiger charge is 2.21. The molecule has 0 spiro atoms. The van der Waals surface area contributed by atoms with Crippen molar-refractivity contribution >= 4 is 53.9 Å². The van der Waals surface area contributed by atoms with Gasteiger partial charge in [-0.2, -0.15) is 0 Å². The largest absolute Gasteiger partial charge is 0.368 e. The number of benzene rings is 1.